The zero-order valence-corrected chi connectivity index (χ0v) is 9.90. The molecule has 3 nitrogen and oxygen atoms in total. The minimum Gasteiger partial charge on any atom is -0.375 e. The van der Waals surface area contributed by atoms with Gasteiger partial charge in [-0.25, -0.2) is 8.78 Å². The molecule has 3 rings (SSSR count). The van der Waals surface area contributed by atoms with Crippen molar-refractivity contribution in [2.75, 3.05) is 0 Å². The van der Waals surface area contributed by atoms with Crippen molar-refractivity contribution >= 4 is 0 Å². The van der Waals surface area contributed by atoms with Crippen LogP contribution in [0.15, 0.2) is 18.2 Å². The van der Waals surface area contributed by atoms with E-state index in [1.54, 1.807) is 6.07 Å². The third kappa shape index (κ3) is 1.92. The Morgan fingerprint density at radius 2 is 2.11 bits per heavy atom. The molecule has 2 fully saturated rings. The van der Waals surface area contributed by atoms with Crippen molar-refractivity contribution in [3.63, 3.8) is 0 Å². The maximum Gasteiger partial charge on any atom is 0.159 e. The number of nitrogens with one attached hydrogen (secondary N) is 1. The highest BCUT2D eigenvalue weighted by Crippen LogP contribution is 2.44. The minimum atomic E-state index is -0.836. The molecule has 4 atom stereocenters. The van der Waals surface area contributed by atoms with Crippen LogP contribution in [0.1, 0.15) is 30.9 Å². The molecule has 4 unspecified atom stereocenters. The Hall–Kier alpha value is -1.04. The number of hydrogen-bond acceptors (Lipinski definition) is 3. The Labute approximate surface area is 104 Å². The van der Waals surface area contributed by atoms with Gasteiger partial charge in [0.2, 0.25) is 0 Å². The molecule has 2 heterocycles. The van der Waals surface area contributed by atoms with Gasteiger partial charge in [0, 0.05) is 5.92 Å². The summed E-state index contributed by atoms with van der Waals surface area (Å²) >= 11 is 0. The summed E-state index contributed by atoms with van der Waals surface area (Å²) in [6.45, 7) is 0. The molecule has 3 N–H and O–H groups in total. The van der Waals surface area contributed by atoms with Crippen molar-refractivity contribution in [1.29, 1.82) is 0 Å². The fraction of sp³-hybridized carbons (Fsp3) is 0.538. The monoisotopic (exact) mass is 254 g/mol. The van der Waals surface area contributed by atoms with Gasteiger partial charge in [-0.15, -0.1) is 0 Å². The predicted octanol–water partition coefficient (Wildman–Crippen LogP) is 2.04. The molecule has 0 radical (unpaired) electrons. The molecule has 5 heteroatoms. The zero-order chi connectivity index (χ0) is 12.7. The second-order valence-electron chi connectivity index (χ2n) is 5.09. The van der Waals surface area contributed by atoms with Crippen molar-refractivity contribution < 1.29 is 13.5 Å². The van der Waals surface area contributed by atoms with Gasteiger partial charge in [-0.05, 0) is 37.0 Å². The average molecular weight is 254 g/mol. The van der Waals surface area contributed by atoms with E-state index in [9.17, 15) is 8.78 Å². The molecular formula is C13H16F2N2O. The van der Waals surface area contributed by atoms with Gasteiger partial charge < -0.3 is 4.74 Å². The largest absolute Gasteiger partial charge is 0.375 e. The Morgan fingerprint density at radius 3 is 2.67 bits per heavy atom. The first kappa shape index (κ1) is 12.0. The van der Waals surface area contributed by atoms with Gasteiger partial charge in [0.15, 0.2) is 11.6 Å². The second kappa shape index (κ2) is 4.57. The first-order chi connectivity index (χ1) is 8.69. The summed E-state index contributed by atoms with van der Waals surface area (Å²) in [6, 6.07) is 3.75. The molecule has 0 saturated carbocycles. The predicted molar refractivity (Wildman–Crippen MR) is 62.4 cm³/mol. The van der Waals surface area contributed by atoms with Crippen LogP contribution in [-0.4, -0.2) is 12.2 Å². The molecule has 2 aliphatic rings. The van der Waals surface area contributed by atoms with Gasteiger partial charge in [-0.1, -0.05) is 6.07 Å². The van der Waals surface area contributed by atoms with E-state index in [1.807, 2.05) is 0 Å². The van der Waals surface area contributed by atoms with Crippen LogP contribution in [0.25, 0.3) is 0 Å². The first-order valence-electron chi connectivity index (χ1n) is 6.25. The summed E-state index contributed by atoms with van der Waals surface area (Å²) in [5, 5.41) is 0. The molecular weight excluding hydrogens is 238 g/mol. The molecule has 2 aliphatic heterocycles. The lowest BCUT2D eigenvalue weighted by Gasteiger charge is -2.28. The van der Waals surface area contributed by atoms with Gasteiger partial charge in [-0.2, -0.15) is 0 Å². The SMILES string of the molecule is NNC(c1ccc(F)c(F)c1)C1CC2CCC1O2. The van der Waals surface area contributed by atoms with Crippen molar-refractivity contribution in [1.82, 2.24) is 5.43 Å². The summed E-state index contributed by atoms with van der Waals surface area (Å²) in [5.74, 6) is 4.15. The maximum absolute atomic E-state index is 13.3. The number of hydrazine groups is 1. The normalized spacial score (nSPS) is 31.8. The van der Waals surface area contributed by atoms with Gasteiger partial charge in [0.25, 0.3) is 0 Å². The lowest BCUT2D eigenvalue weighted by Crippen LogP contribution is -2.37. The van der Waals surface area contributed by atoms with E-state index in [0.717, 1.165) is 25.3 Å². The van der Waals surface area contributed by atoms with E-state index in [-0.39, 0.29) is 18.1 Å². The number of hydrogen-bond donors (Lipinski definition) is 2. The number of rotatable bonds is 3. The van der Waals surface area contributed by atoms with Gasteiger partial charge in [0.05, 0.1) is 18.2 Å². The quantitative estimate of drug-likeness (QED) is 0.641. The minimum absolute atomic E-state index is 0.184. The van der Waals surface area contributed by atoms with Crippen LogP contribution in [0.2, 0.25) is 0 Å². The summed E-state index contributed by atoms with van der Waals surface area (Å²) in [4.78, 5) is 0. The molecule has 18 heavy (non-hydrogen) atoms. The summed E-state index contributed by atoms with van der Waals surface area (Å²) < 4.78 is 32.0. The number of halogens is 2. The molecule has 0 spiro atoms. The molecule has 0 aliphatic carbocycles. The highest BCUT2D eigenvalue weighted by Gasteiger charge is 2.44. The fourth-order valence-corrected chi connectivity index (χ4v) is 3.20. The second-order valence-corrected chi connectivity index (χ2v) is 5.09. The summed E-state index contributed by atoms with van der Waals surface area (Å²) in [5.41, 5.74) is 3.40. The van der Waals surface area contributed by atoms with E-state index >= 15 is 0 Å². The molecule has 2 saturated heterocycles. The molecule has 1 aromatic rings. The highest BCUT2D eigenvalue weighted by atomic mass is 19.2. The van der Waals surface area contributed by atoms with Crippen molar-refractivity contribution in [2.45, 2.75) is 37.5 Å². The van der Waals surface area contributed by atoms with Crippen LogP contribution in [-0.2, 0) is 4.74 Å². The molecule has 2 bridgehead atoms. The van der Waals surface area contributed by atoms with Crippen LogP contribution in [0, 0.1) is 17.6 Å². The standard InChI is InChI=1S/C13H16F2N2O/c14-10-3-1-7(5-11(10)15)13(17-16)9-6-8-2-4-12(9)18-8/h1,3,5,8-9,12-13,17H,2,4,6,16H2. The lowest BCUT2D eigenvalue weighted by atomic mass is 9.81. The number of nitrogens with two attached hydrogens (primary N) is 1. The number of fused-ring (bicyclic) bond motifs is 2. The van der Waals surface area contributed by atoms with E-state index < -0.39 is 11.6 Å². The maximum atomic E-state index is 13.3. The van der Waals surface area contributed by atoms with Crippen molar-refractivity contribution in [2.24, 2.45) is 11.8 Å². The smallest absolute Gasteiger partial charge is 0.159 e. The lowest BCUT2D eigenvalue weighted by molar-refractivity contribution is 0.0856. The highest BCUT2D eigenvalue weighted by molar-refractivity contribution is 5.23. The van der Waals surface area contributed by atoms with E-state index in [0.29, 0.717) is 11.7 Å². The Kier molecular flexibility index (Phi) is 3.05. The average Bonchev–Trinajstić information content (AvgIpc) is 2.97. The Bertz CT molecular complexity index is 455. The van der Waals surface area contributed by atoms with Crippen molar-refractivity contribution in [3.05, 3.63) is 35.4 Å². The third-order valence-corrected chi connectivity index (χ3v) is 4.06. The van der Waals surface area contributed by atoms with Crippen LogP contribution >= 0.6 is 0 Å². The molecule has 0 aromatic heterocycles. The molecule has 1 aromatic carbocycles. The number of ether oxygens (including phenoxy) is 1. The fourth-order valence-electron chi connectivity index (χ4n) is 3.20. The van der Waals surface area contributed by atoms with Gasteiger partial charge in [-0.3, -0.25) is 11.3 Å². The van der Waals surface area contributed by atoms with Gasteiger partial charge in [0.1, 0.15) is 0 Å². The first-order valence-corrected chi connectivity index (χ1v) is 6.25. The zero-order valence-electron chi connectivity index (χ0n) is 9.90. The third-order valence-electron chi connectivity index (χ3n) is 4.06. The Morgan fingerprint density at radius 1 is 1.28 bits per heavy atom. The number of benzene rings is 1. The van der Waals surface area contributed by atoms with Crippen molar-refractivity contribution in [3.8, 4) is 0 Å². The van der Waals surface area contributed by atoms with E-state index in [1.165, 1.54) is 6.07 Å². The summed E-state index contributed by atoms with van der Waals surface area (Å²) in [7, 11) is 0. The van der Waals surface area contributed by atoms with Crippen LogP contribution in [0.4, 0.5) is 8.78 Å². The van der Waals surface area contributed by atoms with Crippen LogP contribution in [0.3, 0.4) is 0 Å². The van der Waals surface area contributed by atoms with Crippen LogP contribution in [0.5, 0.6) is 0 Å². The molecule has 0 amide bonds. The van der Waals surface area contributed by atoms with E-state index in [2.05, 4.69) is 5.43 Å². The van der Waals surface area contributed by atoms with Gasteiger partial charge >= 0.3 is 0 Å². The summed E-state index contributed by atoms with van der Waals surface area (Å²) in [6.07, 6.45) is 3.54. The molecule has 98 valence electrons. The van der Waals surface area contributed by atoms with Crippen LogP contribution < -0.4 is 11.3 Å². The topological polar surface area (TPSA) is 47.3 Å². The Balaban J connectivity index is 1.85. The van der Waals surface area contributed by atoms with E-state index in [4.69, 9.17) is 10.6 Å².